The molecule has 1 atom stereocenters. The van der Waals surface area contributed by atoms with Gasteiger partial charge in [0, 0.05) is 19.0 Å². The molecule has 0 saturated carbocycles. The first-order valence-corrected chi connectivity index (χ1v) is 13.0. The Balaban J connectivity index is 1.60. The zero-order valence-corrected chi connectivity index (χ0v) is 21.4. The third-order valence-corrected chi connectivity index (χ3v) is 8.12. The maximum Gasteiger partial charge on any atom is 0.243 e. The van der Waals surface area contributed by atoms with Gasteiger partial charge in [0.25, 0.3) is 0 Å². The van der Waals surface area contributed by atoms with Crippen LogP contribution >= 0.6 is 11.6 Å². The smallest absolute Gasteiger partial charge is 0.243 e. The summed E-state index contributed by atoms with van der Waals surface area (Å²) in [5.74, 6) is 1.30. The number of rotatable bonds is 9. The van der Waals surface area contributed by atoms with Crippen LogP contribution in [0.5, 0.6) is 17.2 Å². The Morgan fingerprint density at radius 1 is 1.09 bits per heavy atom. The summed E-state index contributed by atoms with van der Waals surface area (Å²) in [6.07, 6.45) is 0.878. The zero-order valence-electron chi connectivity index (χ0n) is 19.8. The van der Waals surface area contributed by atoms with E-state index in [1.165, 1.54) is 16.4 Å². The van der Waals surface area contributed by atoms with E-state index in [1.54, 1.807) is 26.4 Å². The molecule has 186 valence electrons. The molecular weight excluding hydrogens is 480 g/mol. The summed E-state index contributed by atoms with van der Waals surface area (Å²) in [7, 11) is -0.577. The van der Waals surface area contributed by atoms with E-state index in [1.807, 2.05) is 26.0 Å². The Bertz CT molecular complexity index is 1120. The number of sulfonamides is 1. The number of nitrogens with one attached hydrogen (secondary N) is 1. The largest absolute Gasteiger partial charge is 0.493 e. The van der Waals surface area contributed by atoms with Gasteiger partial charge in [-0.25, -0.2) is 8.42 Å². The molecule has 0 bridgehead atoms. The normalized spacial score (nSPS) is 16.0. The lowest BCUT2D eigenvalue weighted by Crippen LogP contribution is -2.43. The number of ether oxygens (including phenoxy) is 3. The molecule has 1 heterocycles. The Labute approximate surface area is 206 Å². The van der Waals surface area contributed by atoms with E-state index in [4.69, 9.17) is 25.8 Å². The Hall–Kier alpha value is -2.49. The highest BCUT2D eigenvalue weighted by Crippen LogP contribution is 2.32. The predicted molar refractivity (Wildman–Crippen MR) is 130 cm³/mol. The molecule has 1 aliphatic rings. The highest BCUT2D eigenvalue weighted by molar-refractivity contribution is 7.89. The van der Waals surface area contributed by atoms with E-state index < -0.39 is 10.0 Å². The molecule has 1 fully saturated rings. The third kappa shape index (κ3) is 5.76. The standard InChI is InChI=1S/C24H31ClN2O6S/c1-5-33-21-9-7-19(15-20(21)25)34(29,30)27-12-10-17(11-13-27)24(28)26-16(2)18-6-8-22(31-3)23(14-18)32-4/h6-9,14-17H,5,10-13H2,1-4H3,(H,26,28). The number of carbonyl (C=O) groups excluding carboxylic acids is 1. The fourth-order valence-electron chi connectivity index (χ4n) is 3.96. The van der Waals surface area contributed by atoms with Crippen LogP contribution in [0.4, 0.5) is 0 Å². The van der Waals surface area contributed by atoms with Crippen LogP contribution in [-0.4, -0.2) is 52.5 Å². The fourth-order valence-corrected chi connectivity index (χ4v) is 5.75. The summed E-state index contributed by atoms with van der Waals surface area (Å²) < 4.78 is 43.5. The Kier molecular flexibility index (Phi) is 8.67. The molecule has 10 heteroatoms. The van der Waals surface area contributed by atoms with Gasteiger partial charge < -0.3 is 19.5 Å². The number of amides is 1. The van der Waals surface area contributed by atoms with Crippen molar-refractivity contribution in [2.24, 2.45) is 5.92 Å². The van der Waals surface area contributed by atoms with Crippen molar-refractivity contribution in [1.82, 2.24) is 9.62 Å². The number of carbonyl (C=O) groups is 1. The van der Waals surface area contributed by atoms with Crippen LogP contribution < -0.4 is 19.5 Å². The molecule has 0 spiro atoms. The number of piperidine rings is 1. The summed E-state index contributed by atoms with van der Waals surface area (Å²) in [6, 6.07) is 9.74. The van der Waals surface area contributed by atoms with Gasteiger partial charge in [0.1, 0.15) is 5.75 Å². The van der Waals surface area contributed by atoms with Gasteiger partial charge in [-0.2, -0.15) is 4.31 Å². The molecule has 2 aromatic rings. The van der Waals surface area contributed by atoms with Crippen LogP contribution in [0, 0.1) is 5.92 Å². The number of hydrogen-bond acceptors (Lipinski definition) is 6. The van der Waals surface area contributed by atoms with Gasteiger partial charge >= 0.3 is 0 Å². The second-order valence-corrected chi connectivity index (χ2v) is 10.4. The predicted octanol–water partition coefficient (Wildman–Crippen LogP) is 4.03. The average molecular weight is 511 g/mol. The van der Waals surface area contributed by atoms with Gasteiger partial charge in [-0.15, -0.1) is 0 Å². The van der Waals surface area contributed by atoms with Crippen molar-refractivity contribution in [3.05, 3.63) is 47.0 Å². The van der Waals surface area contributed by atoms with Crippen LogP contribution in [-0.2, 0) is 14.8 Å². The highest BCUT2D eigenvalue weighted by Gasteiger charge is 2.33. The fraction of sp³-hybridized carbons (Fsp3) is 0.458. The Morgan fingerprint density at radius 2 is 1.74 bits per heavy atom. The topological polar surface area (TPSA) is 94.2 Å². The summed E-state index contributed by atoms with van der Waals surface area (Å²) >= 11 is 6.18. The minimum Gasteiger partial charge on any atom is -0.493 e. The van der Waals surface area contributed by atoms with Crippen molar-refractivity contribution in [2.75, 3.05) is 33.9 Å². The first kappa shape index (κ1) is 26.1. The quantitative estimate of drug-likeness (QED) is 0.547. The number of benzene rings is 2. The molecule has 0 aromatic heterocycles. The monoisotopic (exact) mass is 510 g/mol. The zero-order chi connectivity index (χ0) is 24.9. The van der Waals surface area contributed by atoms with Gasteiger partial charge in [-0.1, -0.05) is 17.7 Å². The minimum absolute atomic E-state index is 0.0940. The molecule has 1 unspecified atom stereocenters. The van der Waals surface area contributed by atoms with Crippen molar-refractivity contribution in [3.63, 3.8) is 0 Å². The molecular formula is C24H31ClN2O6S. The molecule has 8 nitrogen and oxygen atoms in total. The molecule has 1 amide bonds. The van der Waals surface area contributed by atoms with E-state index in [9.17, 15) is 13.2 Å². The van der Waals surface area contributed by atoms with Gasteiger partial charge in [0.2, 0.25) is 15.9 Å². The first-order chi connectivity index (χ1) is 16.2. The summed E-state index contributed by atoms with van der Waals surface area (Å²) in [5, 5.41) is 3.28. The minimum atomic E-state index is -3.71. The second-order valence-electron chi connectivity index (χ2n) is 8.05. The van der Waals surface area contributed by atoms with Gasteiger partial charge in [0.05, 0.1) is 36.8 Å². The van der Waals surface area contributed by atoms with Crippen molar-refractivity contribution in [2.45, 2.75) is 37.6 Å². The lowest BCUT2D eigenvalue weighted by Gasteiger charge is -2.31. The van der Waals surface area contributed by atoms with Gasteiger partial charge in [-0.05, 0) is 62.6 Å². The average Bonchev–Trinajstić information content (AvgIpc) is 2.84. The van der Waals surface area contributed by atoms with Crippen LogP contribution in [0.25, 0.3) is 0 Å². The first-order valence-electron chi connectivity index (χ1n) is 11.2. The third-order valence-electron chi connectivity index (χ3n) is 5.93. The summed E-state index contributed by atoms with van der Waals surface area (Å²) in [5.41, 5.74) is 0.887. The van der Waals surface area contributed by atoms with Gasteiger partial charge in [-0.3, -0.25) is 4.79 Å². The lowest BCUT2D eigenvalue weighted by molar-refractivity contribution is -0.126. The molecule has 0 aliphatic carbocycles. The van der Waals surface area contributed by atoms with Crippen LogP contribution in [0.15, 0.2) is 41.3 Å². The number of hydrogen-bond donors (Lipinski definition) is 1. The Morgan fingerprint density at radius 3 is 2.32 bits per heavy atom. The number of methoxy groups -OCH3 is 2. The lowest BCUT2D eigenvalue weighted by atomic mass is 9.96. The molecule has 0 radical (unpaired) electrons. The highest BCUT2D eigenvalue weighted by atomic mass is 35.5. The molecule has 2 aromatic carbocycles. The number of halogens is 1. The molecule has 3 rings (SSSR count). The van der Waals surface area contributed by atoms with Crippen molar-refractivity contribution in [3.8, 4) is 17.2 Å². The molecule has 1 N–H and O–H groups in total. The van der Waals surface area contributed by atoms with Crippen molar-refractivity contribution >= 4 is 27.5 Å². The SMILES string of the molecule is CCOc1ccc(S(=O)(=O)N2CCC(C(=O)NC(C)c3ccc(OC)c(OC)c3)CC2)cc1Cl. The van der Waals surface area contributed by atoms with E-state index in [0.29, 0.717) is 36.7 Å². The molecule has 1 aliphatic heterocycles. The summed E-state index contributed by atoms with van der Waals surface area (Å²) in [4.78, 5) is 13.0. The van der Waals surface area contributed by atoms with Crippen molar-refractivity contribution in [1.29, 1.82) is 0 Å². The van der Waals surface area contributed by atoms with Crippen molar-refractivity contribution < 1.29 is 27.4 Å². The summed E-state index contributed by atoms with van der Waals surface area (Å²) in [6.45, 7) is 4.68. The number of nitrogens with zero attached hydrogens (tertiary/aromatic N) is 1. The maximum atomic E-state index is 13.1. The second kappa shape index (κ2) is 11.3. The van der Waals surface area contributed by atoms with Crippen LogP contribution in [0.3, 0.4) is 0 Å². The molecule has 1 saturated heterocycles. The van der Waals surface area contributed by atoms with E-state index >= 15 is 0 Å². The van der Waals surface area contributed by atoms with Gasteiger partial charge in [0.15, 0.2) is 11.5 Å². The molecule has 34 heavy (non-hydrogen) atoms. The van der Waals surface area contributed by atoms with Crippen LogP contribution in [0.2, 0.25) is 5.02 Å². The van der Waals surface area contributed by atoms with E-state index in [0.717, 1.165) is 5.56 Å². The van der Waals surface area contributed by atoms with E-state index in [-0.39, 0.29) is 40.9 Å². The van der Waals surface area contributed by atoms with E-state index in [2.05, 4.69) is 5.32 Å². The van der Waals surface area contributed by atoms with Crippen LogP contribution in [0.1, 0.15) is 38.3 Å². The maximum absolute atomic E-state index is 13.1.